The van der Waals surface area contributed by atoms with Gasteiger partial charge in [0.1, 0.15) is 5.60 Å². The van der Waals surface area contributed by atoms with Crippen molar-refractivity contribution >= 4 is 17.0 Å². The molecule has 4 aromatic rings. The molecule has 0 unspecified atom stereocenters. The second-order valence-corrected chi connectivity index (χ2v) is 8.82. The number of carbonyl (C=O) groups is 1. The van der Waals surface area contributed by atoms with Crippen molar-refractivity contribution in [1.29, 1.82) is 0 Å². The van der Waals surface area contributed by atoms with Crippen LogP contribution < -0.4 is 0 Å². The molecular weight excluding hydrogens is 402 g/mol. The summed E-state index contributed by atoms with van der Waals surface area (Å²) in [5.74, 6) is 0.776. The van der Waals surface area contributed by atoms with Crippen molar-refractivity contribution in [3.8, 4) is 17.1 Å². The number of benzene rings is 1. The third-order valence-corrected chi connectivity index (χ3v) is 4.87. The van der Waals surface area contributed by atoms with E-state index >= 15 is 0 Å². The van der Waals surface area contributed by atoms with Crippen molar-refractivity contribution in [2.45, 2.75) is 39.8 Å². The Balaban J connectivity index is 1.62. The molecule has 0 spiro atoms. The monoisotopic (exact) mass is 429 g/mol. The molecule has 0 bridgehead atoms. The summed E-state index contributed by atoms with van der Waals surface area (Å²) < 4.78 is 7.27. The number of hydrogen-bond acceptors (Lipinski definition) is 5. The number of pyridine rings is 2. The molecule has 0 aliphatic heterocycles. The van der Waals surface area contributed by atoms with Crippen molar-refractivity contribution in [3.63, 3.8) is 0 Å². The van der Waals surface area contributed by atoms with Crippen LogP contribution in [0.2, 0.25) is 0 Å². The molecule has 7 nitrogen and oxygen atoms in total. The van der Waals surface area contributed by atoms with Crippen LogP contribution in [0.1, 0.15) is 32.2 Å². The first-order chi connectivity index (χ1) is 15.2. The van der Waals surface area contributed by atoms with Gasteiger partial charge in [-0.15, -0.1) is 0 Å². The molecule has 164 valence electrons. The van der Waals surface area contributed by atoms with Gasteiger partial charge in [0.25, 0.3) is 0 Å². The van der Waals surface area contributed by atoms with Crippen LogP contribution in [0.3, 0.4) is 0 Å². The molecule has 0 radical (unpaired) electrons. The van der Waals surface area contributed by atoms with Crippen molar-refractivity contribution in [1.82, 2.24) is 24.6 Å². The zero-order valence-electron chi connectivity index (χ0n) is 19.0. The highest BCUT2D eigenvalue weighted by atomic mass is 16.6. The normalized spacial score (nSPS) is 11.5. The highest BCUT2D eigenvalue weighted by Crippen LogP contribution is 2.25. The molecule has 7 heteroatoms. The standard InChI is InChI=1S/C25H27N5O2/c1-17-8-6-11-23(27-17)30-22-14-18(12-13-19(22)15-26-30)21-10-7-9-20(28-21)16-29(5)24(31)32-25(2,3)4/h6-15H,16H2,1-5H3. The number of fused-ring (bicyclic) bond motifs is 1. The summed E-state index contributed by atoms with van der Waals surface area (Å²) in [4.78, 5) is 23.2. The smallest absolute Gasteiger partial charge is 0.410 e. The SMILES string of the molecule is Cc1cccc(-n2ncc3ccc(-c4cccc(CN(C)C(=O)OC(C)(C)C)n4)cc32)n1. The number of amides is 1. The largest absolute Gasteiger partial charge is 0.444 e. The van der Waals surface area contributed by atoms with Gasteiger partial charge in [-0.1, -0.05) is 24.3 Å². The number of ether oxygens (including phenoxy) is 1. The second-order valence-electron chi connectivity index (χ2n) is 8.82. The predicted molar refractivity (Wildman–Crippen MR) is 125 cm³/mol. The second kappa shape index (κ2) is 8.42. The maximum atomic E-state index is 12.3. The lowest BCUT2D eigenvalue weighted by molar-refractivity contribution is 0.0283. The molecule has 1 amide bonds. The van der Waals surface area contributed by atoms with E-state index in [1.807, 2.05) is 87.1 Å². The molecule has 4 rings (SSSR count). The van der Waals surface area contributed by atoms with Gasteiger partial charge >= 0.3 is 6.09 Å². The summed E-state index contributed by atoms with van der Waals surface area (Å²) in [6, 6.07) is 17.8. The average Bonchev–Trinajstić information content (AvgIpc) is 3.16. The van der Waals surface area contributed by atoms with Crippen LogP contribution in [0.25, 0.3) is 28.0 Å². The Morgan fingerprint density at radius 2 is 1.84 bits per heavy atom. The van der Waals surface area contributed by atoms with E-state index in [9.17, 15) is 4.79 Å². The van der Waals surface area contributed by atoms with Crippen molar-refractivity contribution in [2.24, 2.45) is 0 Å². The highest BCUT2D eigenvalue weighted by molar-refractivity contribution is 5.84. The molecule has 0 saturated carbocycles. The van der Waals surface area contributed by atoms with E-state index in [2.05, 4.69) is 16.1 Å². The summed E-state index contributed by atoms with van der Waals surface area (Å²) in [5, 5.41) is 5.55. The molecule has 32 heavy (non-hydrogen) atoms. The molecule has 0 saturated heterocycles. The molecule has 0 atom stereocenters. The summed E-state index contributed by atoms with van der Waals surface area (Å²) in [6.45, 7) is 7.88. The van der Waals surface area contributed by atoms with Crippen molar-refractivity contribution < 1.29 is 9.53 Å². The molecule has 0 aliphatic rings. The van der Waals surface area contributed by atoms with E-state index in [-0.39, 0.29) is 6.09 Å². The summed E-state index contributed by atoms with van der Waals surface area (Å²) in [5.41, 5.74) is 3.93. The van der Waals surface area contributed by atoms with E-state index in [4.69, 9.17) is 9.72 Å². The Morgan fingerprint density at radius 3 is 2.59 bits per heavy atom. The van der Waals surface area contributed by atoms with Crippen LogP contribution >= 0.6 is 0 Å². The van der Waals surface area contributed by atoms with Crippen LogP contribution in [0.5, 0.6) is 0 Å². The number of hydrogen-bond donors (Lipinski definition) is 0. The summed E-state index contributed by atoms with van der Waals surface area (Å²) >= 11 is 0. The maximum Gasteiger partial charge on any atom is 0.410 e. The van der Waals surface area contributed by atoms with Gasteiger partial charge in [0.05, 0.1) is 29.6 Å². The van der Waals surface area contributed by atoms with Crippen LogP contribution in [0.15, 0.2) is 60.8 Å². The number of aryl methyl sites for hydroxylation is 1. The molecule has 3 aromatic heterocycles. The Labute approximate surface area is 187 Å². The zero-order valence-corrected chi connectivity index (χ0v) is 19.0. The quantitative estimate of drug-likeness (QED) is 0.448. The number of rotatable bonds is 4. The van der Waals surface area contributed by atoms with Crippen LogP contribution in [-0.2, 0) is 11.3 Å². The first kappa shape index (κ1) is 21.5. The van der Waals surface area contributed by atoms with E-state index in [1.54, 1.807) is 7.05 Å². The molecule has 0 fully saturated rings. The molecular formula is C25H27N5O2. The van der Waals surface area contributed by atoms with Gasteiger partial charge in [-0.3, -0.25) is 4.98 Å². The lowest BCUT2D eigenvalue weighted by Gasteiger charge is -2.24. The summed E-state index contributed by atoms with van der Waals surface area (Å²) in [7, 11) is 1.71. The lowest BCUT2D eigenvalue weighted by Crippen LogP contribution is -2.34. The van der Waals surface area contributed by atoms with Crippen LogP contribution in [-0.4, -0.2) is 43.4 Å². The van der Waals surface area contributed by atoms with E-state index in [0.29, 0.717) is 6.54 Å². The minimum absolute atomic E-state index is 0.357. The minimum atomic E-state index is -0.537. The third kappa shape index (κ3) is 4.77. The van der Waals surface area contributed by atoms with Crippen LogP contribution in [0, 0.1) is 6.92 Å². The van der Waals surface area contributed by atoms with Gasteiger partial charge in [-0.25, -0.2) is 14.5 Å². The third-order valence-electron chi connectivity index (χ3n) is 4.87. The Morgan fingerprint density at radius 1 is 1.06 bits per heavy atom. The van der Waals surface area contributed by atoms with E-state index in [0.717, 1.165) is 39.4 Å². The van der Waals surface area contributed by atoms with Gasteiger partial charge in [0.15, 0.2) is 5.82 Å². The van der Waals surface area contributed by atoms with E-state index < -0.39 is 5.60 Å². The zero-order chi connectivity index (χ0) is 22.9. The topological polar surface area (TPSA) is 73.1 Å². The van der Waals surface area contributed by atoms with Crippen molar-refractivity contribution in [3.05, 3.63) is 72.2 Å². The maximum absolute atomic E-state index is 12.3. The highest BCUT2D eigenvalue weighted by Gasteiger charge is 2.20. The fourth-order valence-corrected chi connectivity index (χ4v) is 3.38. The van der Waals surface area contributed by atoms with Crippen LogP contribution in [0.4, 0.5) is 4.79 Å². The van der Waals surface area contributed by atoms with Gasteiger partial charge < -0.3 is 9.64 Å². The average molecular weight is 430 g/mol. The lowest BCUT2D eigenvalue weighted by atomic mass is 10.1. The minimum Gasteiger partial charge on any atom is -0.444 e. The van der Waals surface area contributed by atoms with Gasteiger partial charge in [0, 0.05) is 23.7 Å². The predicted octanol–water partition coefficient (Wildman–Crippen LogP) is 5.16. The molecule has 1 aromatic carbocycles. The van der Waals surface area contributed by atoms with Crippen molar-refractivity contribution in [2.75, 3.05) is 7.05 Å². The fraction of sp³-hybridized carbons (Fsp3) is 0.280. The number of aromatic nitrogens is 4. The molecule has 0 N–H and O–H groups in total. The molecule has 3 heterocycles. The Kier molecular flexibility index (Phi) is 5.65. The summed E-state index contributed by atoms with van der Waals surface area (Å²) in [6.07, 6.45) is 1.46. The van der Waals surface area contributed by atoms with Gasteiger partial charge in [-0.05, 0) is 58.0 Å². The Bertz CT molecular complexity index is 1270. The first-order valence-corrected chi connectivity index (χ1v) is 10.5. The number of carbonyl (C=O) groups excluding carboxylic acids is 1. The Hall–Kier alpha value is -3.74. The molecule has 0 aliphatic carbocycles. The number of nitrogens with zero attached hydrogens (tertiary/aromatic N) is 5. The van der Waals surface area contributed by atoms with E-state index in [1.165, 1.54) is 4.90 Å². The fourth-order valence-electron chi connectivity index (χ4n) is 3.38. The van der Waals surface area contributed by atoms with Gasteiger partial charge in [-0.2, -0.15) is 5.10 Å². The van der Waals surface area contributed by atoms with Gasteiger partial charge in [0.2, 0.25) is 0 Å². The first-order valence-electron chi connectivity index (χ1n) is 10.5.